The van der Waals surface area contributed by atoms with E-state index in [-0.39, 0.29) is 18.7 Å². The van der Waals surface area contributed by atoms with Gasteiger partial charge in [0.1, 0.15) is 0 Å². The van der Waals surface area contributed by atoms with Gasteiger partial charge in [0, 0.05) is 26.3 Å². The summed E-state index contributed by atoms with van der Waals surface area (Å²) in [4.78, 5) is 28.6. The van der Waals surface area contributed by atoms with Crippen LogP contribution in [-0.2, 0) is 20.9 Å². The SMILES string of the molecule is COCCN(Cc1ccccn1)C(=O)C(N)CCC(=O)O. The number of carboxylic acid groups (broad SMARTS) is 1. The van der Waals surface area contributed by atoms with E-state index in [4.69, 9.17) is 15.6 Å². The van der Waals surface area contributed by atoms with Crippen molar-refractivity contribution in [2.45, 2.75) is 25.4 Å². The lowest BCUT2D eigenvalue weighted by molar-refractivity contribution is -0.138. The van der Waals surface area contributed by atoms with Gasteiger partial charge in [0.25, 0.3) is 0 Å². The Kier molecular flexibility index (Phi) is 7.34. The number of carboxylic acids is 1. The summed E-state index contributed by atoms with van der Waals surface area (Å²) < 4.78 is 4.99. The molecule has 0 bridgehead atoms. The molecule has 0 spiro atoms. The van der Waals surface area contributed by atoms with Crippen LogP contribution in [0, 0.1) is 0 Å². The molecule has 21 heavy (non-hydrogen) atoms. The second-order valence-electron chi connectivity index (χ2n) is 4.61. The quantitative estimate of drug-likeness (QED) is 0.676. The molecule has 0 aliphatic carbocycles. The first-order chi connectivity index (χ1) is 10.0. The minimum atomic E-state index is -0.966. The molecule has 1 rings (SSSR count). The molecule has 1 amide bonds. The number of nitrogens with zero attached hydrogens (tertiary/aromatic N) is 2. The number of methoxy groups -OCH3 is 1. The second-order valence-corrected chi connectivity index (χ2v) is 4.61. The zero-order chi connectivity index (χ0) is 15.7. The molecule has 3 N–H and O–H groups in total. The highest BCUT2D eigenvalue weighted by molar-refractivity contribution is 5.82. The summed E-state index contributed by atoms with van der Waals surface area (Å²) in [7, 11) is 1.55. The minimum Gasteiger partial charge on any atom is -0.481 e. The van der Waals surface area contributed by atoms with Crippen LogP contribution in [0.15, 0.2) is 24.4 Å². The highest BCUT2D eigenvalue weighted by atomic mass is 16.5. The third kappa shape index (κ3) is 6.33. The molecular formula is C14H21N3O4. The van der Waals surface area contributed by atoms with Crippen molar-refractivity contribution in [1.82, 2.24) is 9.88 Å². The predicted octanol–water partition coefficient (Wildman–Crippen LogP) is 0.249. The topological polar surface area (TPSA) is 106 Å². The fourth-order valence-corrected chi connectivity index (χ4v) is 1.79. The van der Waals surface area contributed by atoms with E-state index in [1.54, 1.807) is 24.3 Å². The normalized spacial score (nSPS) is 11.9. The summed E-state index contributed by atoms with van der Waals surface area (Å²) in [6.45, 7) is 1.08. The summed E-state index contributed by atoms with van der Waals surface area (Å²) in [5.74, 6) is -1.26. The molecule has 0 aromatic carbocycles. The van der Waals surface area contributed by atoms with Crippen LogP contribution in [0.2, 0.25) is 0 Å². The minimum absolute atomic E-state index is 0.111. The van der Waals surface area contributed by atoms with Gasteiger partial charge >= 0.3 is 5.97 Å². The highest BCUT2D eigenvalue weighted by Gasteiger charge is 2.22. The number of hydrogen-bond acceptors (Lipinski definition) is 5. The number of carbonyl (C=O) groups excluding carboxylic acids is 1. The molecule has 0 aliphatic rings. The van der Waals surface area contributed by atoms with Gasteiger partial charge in [-0.3, -0.25) is 14.6 Å². The largest absolute Gasteiger partial charge is 0.481 e. The molecule has 7 heteroatoms. The molecule has 0 fully saturated rings. The molecule has 7 nitrogen and oxygen atoms in total. The summed E-state index contributed by atoms with van der Waals surface area (Å²) in [6.07, 6.45) is 1.63. The Labute approximate surface area is 123 Å². The smallest absolute Gasteiger partial charge is 0.303 e. The maximum absolute atomic E-state index is 12.3. The predicted molar refractivity (Wildman–Crippen MR) is 76.4 cm³/mol. The van der Waals surface area contributed by atoms with Crippen LogP contribution in [-0.4, -0.2) is 53.2 Å². The number of pyridine rings is 1. The lowest BCUT2D eigenvalue weighted by Gasteiger charge is -2.25. The fraction of sp³-hybridized carbons (Fsp3) is 0.500. The van der Waals surface area contributed by atoms with Crippen LogP contribution >= 0.6 is 0 Å². The van der Waals surface area contributed by atoms with Crippen LogP contribution in [0.4, 0.5) is 0 Å². The second kappa shape index (κ2) is 9.04. The van der Waals surface area contributed by atoms with Crippen molar-refractivity contribution in [2.24, 2.45) is 5.73 Å². The molecule has 1 atom stereocenters. The standard InChI is InChI=1S/C14H21N3O4/c1-21-9-8-17(10-11-4-2-3-7-16-11)14(20)12(15)5-6-13(18)19/h2-4,7,12H,5-6,8-10,15H2,1H3,(H,18,19). The Morgan fingerprint density at radius 2 is 2.24 bits per heavy atom. The van der Waals surface area contributed by atoms with E-state index in [1.807, 2.05) is 12.1 Å². The first kappa shape index (κ1) is 17.1. The third-order valence-electron chi connectivity index (χ3n) is 2.94. The zero-order valence-electron chi connectivity index (χ0n) is 12.1. The summed E-state index contributed by atoms with van der Waals surface area (Å²) in [5, 5.41) is 8.65. The lowest BCUT2D eigenvalue weighted by atomic mass is 10.1. The van der Waals surface area contributed by atoms with E-state index < -0.39 is 12.0 Å². The van der Waals surface area contributed by atoms with Gasteiger partial charge in [-0.15, -0.1) is 0 Å². The molecular weight excluding hydrogens is 274 g/mol. The van der Waals surface area contributed by atoms with Crippen LogP contribution in [0.5, 0.6) is 0 Å². The van der Waals surface area contributed by atoms with Crippen LogP contribution in [0.1, 0.15) is 18.5 Å². The lowest BCUT2D eigenvalue weighted by Crippen LogP contribution is -2.45. The summed E-state index contributed by atoms with van der Waals surface area (Å²) in [6, 6.07) is 4.62. The van der Waals surface area contributed by atoms with Crippen molar-refractivity contribution in [3.8, 4) is 0 Å². The highest BCUT2D eigenvalue weighted by Crippen LogP contribution is 2.06. The number of amides is 1. The van der Waals surface area contributed by atoms with Crippen molar-refractivity contribution >= 4 is 11.9 Å². The van der Waals surface area contributed by atoms with Crippen molar-refractivity contribution in [3.05, 3.63) is 30.1 Å². The van der Waals surface area contributed by atoms with E-state index in [1.165, 1.54) is 0 Å². The molecule has 0 saturated heterocycles. The Morgan fingerprint density at radius 3 is 2.81 bits per heavy atom. The van der Waals surface area contributed by atoms with E-state index in [0.29, 0.717) is 19.7 Å². The Morgan fingerprint density at radius 1 is 1.48 bits per heavy atom. The van der Waals surface area contributed by atoms with Crippen LogP contribution in [0.25, 0.3) is 0 Å². The number of rotatable bonds is 9. The van der Waals surface area contributed by atoms with Crippen molar-refractivity contribution in [3.63, 3.8) is 0 Å². The van der Waals surface area contributed by atoms with E-state index in [9.17, 15) is 9.59 Å². The number of carbonyl (C=O) groups is 2. The fourth-order valence-electron chi connectivity index (χ4n) is 1.79. The molecule has 0 saturated carbocycles. The van der Waals surface area contributed by atoms with Gasteiger partial charge in [-0.05, 0) is 18.6 Å². The third-order valence-corrected chi connectivity index (χ3v) is 2.94. The van der Waals surface area contributed by atoms with Crippen molar-refractivity contribution in [2.75, 3.05) is 20.3 Å². The molecule has 1 unspecified atom stereocenters. The molecule has 0 radical (unpaired) electrons. The van der Waals surface area contributed by atoms with E-state index in [2.05, 4.69) is 4.98 Å². The van der Waals surface area contributed by atoms with Crippen molar-refractivity contribution in [1.29, 1.82) is 0 Å². The van der Waals surface area contributed by atoms with Gasteiger partial charge in [-0.2, -0.15) is 0 Å². The Bertz CT molecular complexity index is 453. The number of hydrogen-bond donors (Lipinski definition) is 2. The molecule has 1 aromatic heterocycles. The van der Waals surface area contributed by atoms with E-state index in [0.717, 1.165) is 5.69 Å². The number of nitrogens with two attached hydrogens (primary N) is 1. The average molecular weight is 295 g/mol. The number of aliphatic carboxylic acids is 1. The number of ether oxygens (including phenoxy) is 1. The summed E-state index contributed by atoms with van der Waals surface area (Å²) >= 11 is 0. The van der Waals surface area contributed by atoms with Crippen LogP contribution < -0.4 is 5.73 Å². The first-order valence-corrected chi connectivity index (χ1v) is 6.69. The zero-order valence-corrected chi connectivity index (χ0v) is 12.1. The van der Waals surface area contributed by atoms with E-state index >= 15 is 0 Å². The van der Waals surface area contributed by atoms with Gasteiger partial charge in [-0.1, -0.05) is 6.07 Å². The Hall–Kier alpha value is -1.99. The Balaban J connectivity index is 2.66. The van der Waals surface area contributed by atoms with Gasteiger partial charge < -0.3 is 20.5 Å². The first-order valence-electron chi connectivity index (χ1n) is 6.69. The van der Waals surface area contributed by atoms with Gasteiger partial charge in [0.05, 0.1) is 24.9 Å². The summed E-state index contributed by atoms with van der Waals surface area (Å²) in [5.41, 5.74) is 6.52. The van der Waals surface area contributed by atoms with Gasteiger partial charge in [-0.25, -0.2) is 0 Å². The van der Waals surface area contributed by atoms with Crippen LogP contribution in [0.3, 0.4) is 0 Å². The molecule has 1 aromatic rings. The molecule has 116 valence electrons. The average Bonchev–Trinajstić information content (AvgIpc) is 2.49. The maximum atomic E-state index is 12.3. The van der Waals surface area contributed by atoms with Gasteiger partial charge in [0.2, 0.25) is 5.91 Å². The van der Waals surface area contributed by atoms with Gasteiger partial charge in [0.15, 0.2) is 0 Å². The number of aromatic nitrogens is 1. The molecule has 1 heterocycles. The molecule has 0 aliphatic heterocycles. The monoisotopic (exact) mass is 295 g/mol. The van der Waals surface area contributed by atoms with Crippen molar-refractivity contribution < 1.29 is 19.4 Å². The maximum Gasteiger partial charge on any atom is 0.303 e.